The minimum atomic E-state index is -7.98. The molecule has 1 saturated carbocycles. The minimum absolute atomic E-state index is 3.93. The van der Waals surface area contributed by atoms with Crippen LogP contribution in [0.15, 0.2) is 0 Å². The molecule has 0 aromatic rings. The van der Waals surface area contributed by atoms with Gasteiger partial charge in [-0.2, -0.15) is 66.4 Å². The van der Waals surface area contributed by atoms with Crippen molar-refractivity contribution in [2.24, 2.45) is 0 Å². The summed E-state index contributed by atoms with van der Waals surface area (Å²) in [5.41, 5.74) is -7.84. The minimum Gasteiger partial charge on any atom is -0.224 e. The number of alkyl halides is 17. The Kier molecular flexibility index (Phi) is 3.18. The molecule has 3 rings (SSSR count). The van der Waals surface area contributed by atoms with Crippen molar-refractivity contribution in [1.29, 1.82) is 0 Å². The molecule has 2 aliphatic heterocycles. The maximum Gasteiger partial charge on any atom is 0.391 e. The molecule has 3 atom stereocenters. The predicted octanol–water partition coefficient (Wildman–Crippen LogP) is 4.77. The van der Waals surface area contributed by atoms with Crippen molar-refractivity contribution >= 4 is 0 Å². The van der Waals surface area contributed by atoms with Gasteiger partial charge in [0.25, 0.3) is 5.79 Å². The zero-order valence-electron chi connectivity index (χ0n) is 11.9. The molecule has 18 heteroatoms. The Bertz CT molecular complexity index is 757. The monoisotopic (exact) mass is 457 g/mol. The molecule has 0 spiro atoms. The van der Waals surface area contributed by atoms with Crippen LogP contribution in [0.2, 0.25) is 0 Å². The molecule has 0 bridgehead atoms. The number of hydrogen-bond donors (Lipinski definition) is 0. The number of nitrogens with zero attached hydrogens (tertiary/aromatic N) is 1. The molecule has 0 aromatic heterocycles. The molecule has 3 aliphatic rings. The van der Waals surface area contributed by atoms with E-state index >= 15 is 0 Å². The topological polar surface area (TPSA) is 3.24 Å². The highest BCUT2D eigenvalue weighted by atomic mass is 19.4. The maximum absolute atomic E-state index is 14.5. The van der Waals surface area contributed by atoms with Crippen molar-refractivity contribution < 1.29 is 74.6 Å². The summed E-state index contributed by atoms with van der Waals surface area (Å²) in [6, 6.07) is -7.60. The van der Waals surface area contributed by atoms with Crippen molar-refractivity contribution in [2.75, 3.05) is 0 Å². The first-order valence-electron chi connectivity index (χ1n) is 6.38. The molecule has 0 radical (unpaired) electrons. The summed E-state index contributed by atoms with van der Waals surface area (Å²) in [4.78, 5) is -3.93. The van der Waals surface area contributed by atoms with Crippen LogP contribution in [-0.2, 0) is 0 Å². The maximum atomic E-state index is 14.5. The van der Waals surface area contributed by atoms with Crippen LogP contribution < -0.4 is 0 Å². The highest BCUT2D eigenvalue weighted by Gasteiger charge is 3.18. The van der Waals surface area contributed by atoms with Crippen LogP contribution in [0, 0.1) is 0 Å². The van der Waals surface area contributed by atoms with Gasteiger partial charge in [0.15, 0.2) is 0 Å². The van der Waals surface area contributed by atoms with E-state index in [1.807, 2.05) is 0 Å². The molecule has 3 fully saturated rings. The van der Waals surface area contributed by atoms with Gasteiger partial charge < -0.3 is 0 Å². The lowest BCUT2D eigenvalue weighted by atomic mass is 9.84. The molecule has 0 amide bonds. The first-order valence-corrected chi connectivity index (χ1v) is 6.38. The van der Waals surface area contributed by atoms with E-state index in [-0.39, 0.29) is 0 Å². The third-order valence-corrected chi connectivity index (χ3v) is 5.03. The Hall–Kier alpha value is -1.23. The Morgan fingerprint density at radius 2 is 0.679 bits per heavy atom. The zero-order chi connectivity index (χ0) is 22.6. The van der Waals surface area contributed by atoms with E-state index in [0.29, 0.717) is 0 Å². The van der Waals surface area contributed by atoms with Crippen LogP contribution in [0.1, 0.15) is 0 Å². The predicted molar refractivity (Wildman–Crippen MR) is 48.0 cm³/mol. The summed E-state index contributed by atoms with van der Waals surface area (Å²) in [6.45, 7) is 0. The Morgan fingerprint density at radius 3 is 1.07 bits per heavy atom. The lowest BCUT2D eigenvalue weighted by molar-refractivity contribution is -0.363. The van der Waals surface area contributed by atoms with E-state index in [1.54, 1.807) is 0 Å². The lowest BCUT2D eigenvalue weighted by Crippen LogP contribution is -2.70. The lowest BCUT2D eigenvalue weighted by Gasteiger charge is -2.38. The normalized spacial score (nSPS) is 48.3. The van der Waals surface area contributed by atoms with E-state index in [2.05, 4.69) is 0 Å². The smallest absolute Gasteiger partial charge is 0.224 e. The van der Waals surface area contributed by atoms with Crippen LogP contribution >= 0.6 is 0 Å². The molecule has 28 heavy (non-hydrogen) atoms. The molecular formula is C10F17N. The van der Waals surface area contributed by atoms with Gasteiger partial charge in [0.2, 0.25) is 0 Å². The molecule has 0 aromatic carbocycles. The van der Waals surface area contributed by atoms with Gasteiger partial charge in [0, 0.05) is 0 Å². The van der Waals surface area contributed by atoms with Gasteiger partial charge in [-0.05, 0) is 0 Å². The molecular weight excluding hydrogens is 457 g/mol. The second kappa shape index (κ2) is 4.14. The molecule has 2 heterocycles. The van der Waals surface area contributed by atoms with Gasteiger partial charge in [-0.15, -0.1) is 0 Å². The van der Waals surface area contributed by atoms with Gasteiger partial charge in [0.1, 0.15) is 0 Å². The molecule has 3 unspecified atom stereocenters. The second-order valence-electron chi connectivity index (χ2n) is 6.23. The highest BCUT2D eigenvalue weighted by molar-refractivity contribution is 5.45. The number of halogens is 17. The molecule has 0 N–H and O–H groups in total. The fourth-order valence-corrected chi connectivity index (χ4v) is 3.59. The highest BCUT2D eigenvalue weighted by Crippen LogP contribution is 2.84. The number of fused-ring (bicyclic) bond motifs is 3. The summed E-state index contributed by atoms with van der Waals surface area (Å²) in [5.74, 6) is -61.9. The zero-order valence-corrected chi connectivity index (χ0v) is 11.9. The van der Waals surface area contributed by atoms with Crippen LogP contribution in [0.25, 0.3) is 0 Å². The van der Waals surface area contributed by atoms with Crippen molar-refractivity contribution in [3.8, 4) is 0 Å². The van der Waals surface area contributed by atoms with E-state index in [0.717, 1.165) is 0 Å². The van der Waals surface area contributed by atoms with E-state index in [4.69, 9.17) is 0 Å². The van der Waals surface area contributed by atoms with Gasteiger partial charge >= 0.3 is 53.0 Å². The quantitative estimate of drug-likeness (QED) is 0.374. The fraction of sp³-hybridized carbons (Fsp3) is 1.00. The Balaban J connectivity index is 2.59. The Labute approximate surface area is 140 Å². The van der Waals surface area contributed by atoms with Gasteiger partial charge in [-0.1, -0.05) is 0 Å². The summed E-state index contributed by atoms with van der Waals surface area (Å²) < 4.78 is 232. The second-order valence-corrected chi connectivity index (χ2v) is 6.23. The Morgan fingerprint density at radius 1 is 0.321 bits per heavy atom. The van der Waals surface area contributed by atoms with Crippen LogP contribution in [0.3, 0.4) is 0 Å². The first kappa shape index (κ1) is 21.5. The standard InChI is InChI=1S/C10F17N/c11-1-2(12,13)4(16,17)5(18,19)8(1,24)28-9(25,3(1,14)15)6(20,21)7(22,23)10(28,26)27. The fourth-order valence-electron chi connectivity index (χ4n) is 3.59. The summed E-state index contributed by atoms with van der Waals surface area (Å²) >= 11 is 0. The van der Waals surface area contributed by atoms with Crippen molar-refractivity contribution in [2.45, 2.75) is 58.8 Å². The van der Waals surface area contributed by atoms with Crippen molar-refractivity contribution in [1.82, 2.24) is 4.90 Å². The molecule has 164 valence electrons. The summed E-state index contributed by atoms with van der Waals surface area (Å²) in [6.07, 6.45) is 0. The summed E-state index contributed by atoms with van der Waals surface area (Å²) in [7, 11) is 0. The van der Waals surface area contributed by atoms with E-state index < -0.39 is 63.7 Å². The first-order chi connectivity index (χ1) is 11.9. The van der Waals surface area contributed by atoms with Crippen molar-refractivity contribution in [3.63, 3.8) is 0 Å². The SMILES string of the molecule is FC1(F)N2C(F)(C(F)(F)C1(F)F)C(F)(F)C1(F)C(F)(F)C(F)(F)C(F)(F)C21F. The average molecular weight is 457 g/mol. The van der Waals surface area contributed by atoms with Gasteiger partial charge in [-0.25, -0.2) is 13.2 Å². The number of hydrogen-bond acceptors (Lipinski definition) is 1. The van der Waals surface area contributed by atoms with Crippen molar-refractivity contribution in [3.05, 3.63) is 0 Å². The molecule has 1 nitrogen and oxygen atoms in total. The van der Waals surface area contributed by atoms with Crippen LogP contribution in [0.4, 0.5) is 74.6 Å². The largest absolute Gasteiger partial charge is 0.391 e. The molecule has 1 aliphatic carbocycles. The third-order valence-electron chi connectivity index (χ3n) is 5.03. The van der Waals surface area contributed by atoms with Gasteiger partial charge in [-0.3, -0.25) is 0 Å². The van der Waals surface area contributed by atoms with Gasteiger partial charge in [0.05, 0.1) is 0 Å². The van der Waals surface area contributed by atoms with Crippen LogP contribution in [0.5, 0.6) is 0 Å². The van der Waals surface area contributed by atoms with Crippen LogP contribution in [-0.4, -0.2) is 63.7 Å². The average Bonchev–Trinajstić information content (AvgIpc) is 2.69. The molecule has 2 saturated heterocycles. The third kappa shape index (κ3) is 1.23. The van der Waals surface area contributed by atoms with E-state index in [9.17, 15) is 74.6 Å². The van der Waals surface area contributed by atoms with E-state index in [1.165, 1.54) is 0 Å². The number of rotatable bonds is 0. The summed E-state index contributed by atoms with van der Waals surface area (Å²) in [5, 5.41) is 0.